The lowest BCUT2D eigenvalue weighted by atomic mass is 9.75. The summed E-state index contributed by atoms with van der Waals surface area (Å²) in [5.41, 5.74) is 2.25. The van der Waals surface area contributed by atoms with E-state index in [0.717, 1.165) is 41.6 Å². The van der Waals surface area contributed by atoms with Gasteiger partial charge in [-0.15, -0.1) is 0 Å². The second-order valence-electron chi connectivity index (χ2n) is 7.95. The molecular weight excluding hydrogens is 330 g/mol. The first kappa shape index (κ1) is 17.5. The van der Waals surface area contributed by atoms with Crippen molar-refractivity contribution in [2.75, 3.05) is 7.11 Å². The molecule has 0 atom stereocenters. The van der Waals surface area contributed by atoms with E-state index < -0.39 is 11.6 Å². The van der Waals surface area contributed by atoms with Gasteiger partial charge in [-0.2, -0.15) is 0 Å². The summed E-state index contributed by atoms with van der Waals surface area (Å²) in [4.78, 5) is 0. The van der Waals surface area contributed by atoms with Gasteiger partial charge in [0.2, 0.25) is 0 Å². The Labute approximate surface area is 154 Å². The first-order valence-electron chi connectivity index (χ1n) is 9.78. The van der Waals surface area contributed by atoms with Crippen LogP contribution in [0.4, 0.5) is 8.78 Å². The highest BCUT2D eigenvalue weighted by atomic mass is 19.2. The summed E-state index contributed by atoms with van der Waals surface area (Å²) in [7, 11) is 1.65. The topological polar surface area (TPSA) is 9.23 Å². The third-order valence-corrected chi connectivity index (χ3v) is 6.15. The van der Waals surface area contributed by atoms with Crippen LogP contribution in [0.15, 0.2) is 36.4 Å². The Morgan fingerprint density at radius 2 is 1.58 bits per heavy atom. The van der Waals surface area contributed by atoms with Crippen LogP contribution < -0.4 is 4.74 Å². The van der Waals surface area contributed by atoms with Gasteiger partial charge in [0.1, 0.15) is 5.75 Å². The predicted octanol–water partition coefficient (Wildman–Crippen LogP) is 6.71. The Morgan fingerprint density at radius 1 is 0.885 bits per heavy atom. The molecule has 26 heavy (non-hydrogen) atoms. The Morgan fingerprint density at radius 3 is 2.23 bits per heavy atom. The van der Waals surface area contributed by atoms with Crippen molar-refractivity contribution in [3.05, 3.63) is 53.6 Å². The van der Waals surface area contributed by atoms with Crippen molar-refractivity contribution in [1.29, 1.82) is 0 Å². The lowest BCUT2D eigenvalue weighted by Crippen LogP contribution is -2.14. The number of benzene rings is 2. The van der Waals surface area contributed by atoms with Crippen molar-refractivity contribution in [3.8, 4) is 16.9 Å². The second-order valence-corrected chi connectivity index (χ2v) is 7.95. The summed E-state index contributed by atoms with van der Waals surface area (Å²) in [5.74, 6) is 1.43. The summed E-state index contributed by atoms with van der Waals surface area (Å²) in [5, 5.41) is 0. The van der Waals surface area contributed by atoms with Crippen LogP contribution in [-0.2, 0) is 0 Å². The molecule has 0 bridgehead atoms. The monoisotopic (exact) mass is 356 g/mol. The molecule has 2 aromatic rings. The highest BCUT2D eigenvalue weighted by Crippen LogP contribution is 2.45. The van der Waals surface area contributed by atoms with Gasteiger partial charge in [-0.05, 0) is 79.2 Å². The lowest BCUT2D eigenvalue weighted by Gasteiger charge is -2.30. The van der Waals surface area contributed by atoms with Crippen molar-refractivity contribution >= 4 is 0 Å². The van der Waals surface area contributed by atoms with Crippen molar-refractivity contribution < 1.29 is 13.5 Å². The molecule has 2 saturated carbocycles. The third kappa shape index (κ3) is 3.62. The molecule has 0 spiro atoms. The maximum absolute atomic E-state index is 14.4. The summed E-state index contributed by atoms with van der Waals surface area (Å²) < 4.78 is 33.6. The third-order valence-electron chi connectivity index (χ3n) is 6.15. The first-order chi connectivity index (χ1) is 12.7. The molecule has 2 aromatic carbocycles. The van der Waals surface area contributed by atoms with Gasteiger partial charge in [0, 0.05) is 5.56 Å². The van der Waals surface area contributed by atoms with E-state index in [9.17, 15) is 8.78 Å². The largest absolute Gasteiger partial charge is 0.497 e. The molecule has 0 aromatic heterocycles. The standard InChI is InChI=1S/C23H26F2O/c1-26-18-11-12-19(20-3-2-4-22(24)23(20)25)21(14-18)17-9-7-16(8-10-17)13-15-5-6-15/h2-4,11-12,14-17H,5-10,13H2,1H3. The zero-order valence-electron chi connectivity index (χ0n) is 15.3. The molecular formula is C23H26F2O. The number of methoxy groups -OCH3 is 1. The molecule has 138 valence electrons. The van der Waals surface area contributed by atoms with E-state index >= 15 is 0 Å². The maximum atomic E-state index is 14.4. The normalized spacial score (nSPS) is 23.0. The fourth-order valence-electron chi connectivity index (χ4n) is 4.50. The van der Waals surface area contributed by atoms with E-state index in [4.69, 9.17) is 4.74 Å². The van der Waals surface area contributed by atoms with Crippen LogP contribution in [0.2, 0.25) is 0 Å². The Kier molecular flexibility index (Phi) is 4.97. The highest BCUT2D eigenvalue weighted by molar-refractivity contribution is 5.70. The molecule has 0 radical (unpaired) electrons. The zero-order valence-corrected chi connectivity index (χ0v) is 15.3. The quantitative estimate of drug-likeness (QED) is 0.578. The average Bonchev–Trinajstić information content (AvgIpc) is 3.48. The zero-order chi connectivity index (χ0) is 18.1. The number of rotatable bonds is 5. The summed E-state index contributed by atoms with van der Waals surface area (Å²) in [6.45, 7) is 0. The van der Waals surface area contributed by atoms with Crippen LogP contribution >= 0.6 is 0 Å². The minimum Gasteiger partial charge on any atom is -0.497 e. The number of hydrogen-bond acceptors (Lipinski definition) is 1. The van der Waals surface area contributed by atoms with Crippen molar-refractivity contribution in [2.24, 2.45) is 11.8 Å². The number of hydrogen-bond donors (Lipinski definition) is 0. The average molecular weight is 356 g/mol. The van der Waals surface area contributed by atoms with E-state index in [1.807, 2.05) is 18.2 Å². The minimum absolute atomic E-state index is 0.350. The first-order valence-corrected chi connectivity index (χ1v) is 9.78. The van der Waals surface area contributed by atoms with E-state index in [0.29, 0.717) is 11.5 Å². The second kappa shape index (κ2) is 7.38. The SMILES string of the molecule is COc1ccc(-c2cccc(F)c2F)c(C2CCC(CC3CC3)CC2)c1. The molecule has 0 saturated heterocycles. The molecule has 1 nitrogen and oxygen atoms in total. The molecule has 4 rings (SSSR count). The van der Waals surface area contributed by atoms with Crippen molar-refractivity contribution in [1.82, 2.24) is 0 Å². The Balaban J connectivity index is 1.63. The highest BCUT2D eigenvalue weighted by Gasteiger charge is 2.30. The van der Waals surface area contributed by atoms with Crippen LogP contribution in [0.1, 0.15) is 56.4 Å². The Hall–Kier alpha value is -1.90. The predicted molar refractivity (Wildman–Crippen MR) is 100 cm³/mol. The molecule has 0 unspecified atom stereocenters. The van der Waals surface area contributed by atoms with Gasteiger partial charge >= 0.3 is 0 Å². The van der Waals surface area contributed by atoms with Gasteiger partial charge in [0.05, 0.1) is 7.11 Å². The smallest absolute Gasteiger partial charge is 0.166 e. The van der Waals surface area contributed by atoms with E-state index in [2.05, 4.69) is 0 Å². The molecule has 3 heteroatoms. The molecule has 2 aliphatic rings. The summed E-state index contributed by atoms with van der Waals surface area (Å²) in [6, 6.07) is 10.2. The molecule has 0 aliphatic heterocycles. The summed E-state index contributed by atoms with van der Waals surface area (Å²) >= 11 is 0. The van der Waals surface area contributed by atoms with Crippen LogP contribution in [-0.4, -0.2) is 7.11 Å². The van der Waals surface area contributed by atoms with E-state index in [1.165, 1.54) is 38.2 Å². The van der Waals surface area contributed by atoms with Crippen LogP contribution in [0.3, 0.4) is 0 Å². The van der Waals surface area contributed by atoms with Crippen molar-refractivity contribution in [2.45, 2.75) is 50.9 Å². The van der Waals surface area contributed by atoms with Crippen LogP contribution in [0.5, 0.6) is 5.75 Å². The van der Waals surface area contributed by atoms with Crippen LogP contribution in [0, 0.1) is 23.5 Å². The Bertz CT molecular complexity index is 774. The molecule has 2 fully saturated rings. The van der Waals surface area contributed by atoms with Gasteiger partial charge in [-0.3, -0.25) is 0 Å². The fourth-order valence-corrected chi connectivity index (χ4v) is 4.50. The molecule has 0 heterocycles. The van der Waals surface area contributed by atoms with Gasteiger partial charge in [-0.25, -0.2) is 8.78 Å². The van der Waals surface area contributed by atoms with E-state index in [-0.39, 0.29) is 0 Å². The fraction of sp³-hybridized carbons (Fsp3) is 0.478. The lowest BCUT2D eigenvalue weighted by molar-refractivity contribution is 0.299. The van der Waals surface area contributed by atoms with Gasteiger partial charge in [0.25, 0.3) is 0 Å². The van der Waals surface area contributed by atoms with Gasteiger partial charge in [0.15, 0.2) is 11.6 Å². The van der Waals surface area contributed by atoms with Crippen molar-refractivity contribution in [3.63, 3.8) is 0 Å². The maximum Gasteiger partial charge on any atom is 0.166 e. The minimum atomic E-state index is -0.794. The molecule has 0 amide bonds. The molecule has 2 aliphatic carbocycles. The number of ether oxygens (including phenoxy) is 1. The van der Waals surface area contributed by atoms with Crippen LogP contribution in [0.25, 0.3) is 11.1 Å². The molecule has 0 N–H and O–H groups in total. The van der Waals surface area contributed by atoms with Gasteiger partial charge in [-0.1, -0.05) is 31.0 Å². The summed E-state index contributed by atoms with van der Waals surface area (Å²) in [6.07, 6.45) is 8.93. The number of halogens is 2. The van der Waals surface area contributed by atoms with E-state index in [1.54, 1.807) is 19.2 Å². The van der Waals surface area contributed by atoms with Gasteiger partial charge < -0.3 is 4.74 Å².